The molecule has 0 bridgehead atoms. The van der Waals surface area contributed by atoms with Gasteiger partial charge in [-0.3, -0.25) is 4.79 Å². The maximum absolute atomic E-state index is 13.8. The van der Waals surface area contributed by atoms with E-state index < -0.39 is 22.9 Å². The van der Waals surface area contributed by atoms with Gasteiger partial charge in [0.1, 0.15) is 17.5 Å². The van der Waals surface area contributed by atoms with Gasteiger partial charge in [0.2, 0.25) is 5.91 Å². The van der Waals surface area contributed by atoms with Gasteiger partial charge in [0.15, 0.2) is 0 Å². The second-order valence-corrected chi connectivity index (χ2v) is 5.88. The van der Waals surface area contributed by atoms with Crippen molar-refractivity contribution in [2.45, 2.75) is 25.8 Å². The van der Waals surface area contributed by atoms with Gasteiger partial charge in [-0.05, 0) is 25.5 Å². The van der Waals surface area contributed by atoms with E-state index in [2.05, 4.69) is 0 Å². The highest BCUT2D eigenvalue weighted by atomic mass is 19.1. The van der Waals surface area contributed by atoms with Crippen LogP contribution in [0.5, 0.6) is 0 Å². The Balaban J connectivity index is 2.06. The van der Waals surface area contributed by atoms with Gasteiger partial charge in [0.05, 0.1) is 12.0 Å². The lowest BCUT2D eigenvalue weighted by molar-refractivity contribution is -0.122. The summed E-state index contributed by atoms with van der Waals surface area (Å²) < 4.78 is 40.7. The summed E-state index contributed by atoms with van der Waals surface area (Å²) in [6.07, 6.45) is 0. The lowest BCUT2D eigenvalue weighted by Gasteiger charge is -2.21. The quantitative estimate of drug-likeness (QED) is 0.823. The molecule has 0 N–H and O–H groups in total. The van der Waals surface area contributed by atoms with Crippen LogP contribution in [0.2, 0.25) is 0 Å². The first-order valence-electron chi connectivity index (χ1n) is 6.87. The highest BCUT2D eigenvalue weighted by Crippen LogP contribution is 2.42. The minimum atomic E-state index is -0.993. The van der Waals surface area contributed by atoms with Gasteiger partial charge < -0.3 is 4.90 Å². The molecule has 0 unspecified atom stereocenters. The lowest BCUT2D eigenvalue weighted by Crippen LogP contribution is -2.36. The molecule has 0 saturated heterocycles. The molecule has 2 aromatic carbocycles. The molecule has 0 fully saturated rings. The zero-order chi connectivity index (χ0) is 16.1. The molecule has 0 spiro atoms. The smallest absolute Gasteiger partial charge is 0.237 e. The molecule has 0 radical (unpaired) electrons. The molecule has 0 saturated carbocycles. The summed E-state index contributed by atoms with van der Waals surface area (Å²) in [4.78, 5) is 13.9. The van der Waals surface area contributed by atoms with E-state index in [0.29, 0.717) is 17.8 Å². The van der Waals surface area contributed by atoms with Crippen molar-refractivity contribution in [2.75, 3.05) is 4.90 Å². The minimum Gasteiger partial charge on any atom is -0.307 e. The van der Waals surface area contributed by atoms with Crippen molar-refractivity contribution in [3.63, 3.8) is 0 Å². The van der Waals surface area contributed by atoms with Crippen molar-refractivity contribution in [3.8, 4) is 0 Å². The Hall–Kier alpha value is -2.30. The number of hydrogen-bond acceptors (Lipinski definition) is 1. The minimum absolute atomic E-state index is 0.239. The van der Waals surface area contributed by atoms with Crippen molar-refractivity contribution in [1.82, 2.24) is 0 Å². The van der Waals surface area contributed by atoms with E-state index in [1.807, 2.05) is 12.1 Å². The molecule has 0 aromatic heterocycles. The third kappa shape index (κ3) is 2.08. The average Bonchev–Trinajstić information content (AvgIpc) is 2.63. The molecule has 1 heterocycles. The van der Waals surface area contributed by atoms with E-state index in [-0.39, 0.29) is 18.0 Å². The Morgan fingerprint density at radius 3 is 2.27 bits per heavy atom. The number of nitrogens with zero attached hydrogens (tertiary/aromatic N) is 1. The standard InChI is InChI=1S/C17H14F3NO/c1-17(2)12-5-3-4-6-15(12)21(16(17)22)9-11-13(19)7-10(18)8-14(11)20/h3-8H,9H2,1-2H3. The summed E-state index contributed by atoms with van der Waals surface area (Å²) in [5, 5.41) is 0. The summed E-state index contributed by atoms with van der Waals surface area (Å²) in [7, 11) is 0. The molecule has 22 heavy (non-hydrogen) atoms. The van der Waals surface area contributed by atoms with Crippen LogP contribution in [-0.2, 0) is 16.8 Å². The van der Waals surface area contributed by atoms with Gasteiger partial charge in [0.25, 0.3) is 0 Å². The second kappa shape index (κ2) is 4.87. The molecule has 114 valence electrons. The number of hydrogen-bond donors (Lipinski definition) is 0. The predicted octanol–water partition coefficient (Wildman–Crippen LogP) is 3.93. The van der Waals surface area contributed by atoms with Gasteiger partial charge in [-0.25, -0.2) is 13.2 Å². The molecule has 1 aliphatic rings. The first-order valence-corrected chi connectivity index (χ1v) is 6.87. The first-order chi connectivity index (χ1) is 10.3. The Labute approximate surface area is 126 Å². The van der Waals surface area contributed by atoms with Crippen LogP contribution in [0.1, 0.15) is 25.0 Å². The Morgan fingerprint density at radius 1 is 1.05 bits per heavy atom. The van der Waals surface area contributed by atoms with E-state index in [4.69, 9.17) is 0 Å². The third-order valence-corrected chi connectivity index (χ3v) is 4.07. The van der Waals surface area contributed by atoms with Crippen LogP contribution in [0.4, 0.5) is 18.9 Å². The van der Waals surface area contributed by atoms with Gasteiger partial charge in [-0.2, -0.15) is 0 Å². The highest BCUT2D eigenvalue weighted by molar-refractivity contribution is 6.07. The molecule has 3 rings (SSSR count). The number of carbonyl (C=O) groups is 1. The average molecular weight is 305 g/mol. The van der Waals surface area contributed by atoms with E-state index in [1.54, 1.807) is 26.0 Å². The van der Waals surface area contributed by atoms with Crippen molar-refractivity contribution >= 4 is 11.6 Å². The summed E-state index contributed by atoms with van der Waals surface area (Å²) >= 11 is 0. The topological polar surface area (TPSA) is 20.3 Å². The summed E-state index contributed by atoms with van der Waals surface area (Å²) in [6, 6.07) is 8.38. The van der Waals surface area contributed by atoms with Crippen LogP contribution >= 0.6 is 0 Å². The molecule has 1 aliphatic heterocycles. The Kier molecular flexibility index (Phi) is 3.24. The van der Waals surface area contributed by atoms with Crippen LogP contribution in [-0.4, -0.2) is 5.91 Å². The van der Waals surface area contributed by atoms with E-state index in [9.17, 15) is 18.0 Å². The Bertz CT molecular complexity index is 747. The molecular weight excluding hydrogens is 291 g/mol. The van der Waals surface area contributed by atoms with Gasteiger partial charge in [-0.15, -0.1) is 0 Å². The highest BCUT2D eigenvalue weighted by Gasteiger charge is 2.43. The van der Waals surface area contributed by atoms with Crippen LogP contribution in [0, 0.1) is 17.5 Å². The second-order valence-electron chi connectivity index (χ2n) is 5.88. The first kappa shape index (κ1) is 14.6. The summed E-state index contributed by atoms with van der Waals surface area (Å²) in [6.45, 7) is 3.27. The van der Waals surface area contributed by atoms with Crippen LogP contribution in [0.25, 0.3) is 0 Å². The van der Waals surface area contributed by atoms with Crippen LogP contribution in [0.15, 0.2) is 36.4 Å². The van der Waals surface area contributed by atoms with Crippen molar-refractivity contribution < 1.29 is 18.0 Å². The summed E-state index contributed by atoms with van der Waals surface area (Å²) in [5.74, 6) is -3.20. The van der Waals surface area contributed by atoms with Crippen LogP contribution < -0.4 is 4.90 Å². The number of amides is 1. The van der Waals surface area contributed by atoms with Crippen molar-refractivity contribution in [1.29, 1.82) is 0 Å². The molecule has 0 atom stereocenters. The van der Waals surface area contributed by atoms with E-state index >= 15 is 0 Å². The maximum Gasteiger partial charge on any atom is 0.237 e. The molecular formula is C17H14F3NO. The van der Waals surface area contributed by atoms with Crippen molar-refractivity contribution in [2.24, 2.45) is 0 Å². The predicted molar refractivity (Wildman–Crippen MR) is 77.0 cm³/mol. The summed E-state index contributed by atoms with van der Waals surface area (Å²) in [5.41, 5.74) is 0.356. The molecule has 2 aromatic rings. The number of halogens is 3. The number of benzene rings is 2. The fourth-order valence-electron chi connectivity index (χ4n) is 2.84. The number of fused-ring (bicyclic) bond motifs is 1. The monoisotopic (exact) mass is 305 g/mol. The SMILES string of the molecule is CC1(C)C(=O)N(Cc2c(F)cc(F)cc2F)c2ccccc21. The number of carbonyl (C=O) groups excluding carboxylic acids is 1. The largest absolute Gasteiger partial charge is 0.307 e. The molecule has 1 amide bonds. The number of rotatable bonds is 2. The van der Waals surface area contributed by atoms with Crippen LogP contribution in [0.3, 0.4) is 0 Å². The lowest BCUT2D eigenvalue weighted by atomic mass is 9.86. The van der Waals surface area contributed by atoms with E-state index in [0.717, 1.165) is 5.56 Å². The van der Waals surface area contributed by atoms with Gasteiger partial charge >= 0.3 is 0 Å². The zero-order valence-corrected chi connectivity index (χ0v) is 12.2. The third-order valence-electron chi connectivity index (χ3n) is 4.07. The molecule has 5 heteroatoms. The van der Waals surface area contributed by atoms with Gasteiger partial charge in [-0.1, -0.05) is 18.2 Å². The normalized spacial score (nSPS) is 16.0. The van der Waals surface area contributed by atoms with E-state index in [1.165, 1.54) is 4.90 Å². The number of para-hydroxylation sites is 1. The number of anilines is 1. The zero-order valence-electron chi connectivity index (χ0n) is 12.2. The Morgan fingerprint density at radius 2 is 1.64 bits per heavy atom. The molecule has 0 aliphatic carbocycles. The maximum atomic E-state index is 13.8. The fraction of sp³-hybridized carbons (Fsp3) is 0.235. The van der Waals surface area contributed by atoms with Gasteiger partial charge in [0, 0.05) is 23.4 Å². The fourth-order valence-corrected chi connectivity index (χ4v) is 2.84. The van der Waals surface area contributed by atoms with Crippen molar-refractivity contribution in [3.05, 3.63) is 65.0 Å². The molecule has 2 nitrogen and oxygen atoms in total.